The van der Waals surface area contributed by atoms with Crippen LogP contribution in [0.5, 0.6) is 23.0 Å². The molecule has 10 heteroatoms. The van der Waals surface area contributed by atoms with Crippen molar-refractivity contribution in [2.24, 2.45) is 0 Å². The maximum atomic E-state index is 12.8. The molecule has 0 amide bonds. The van der Waals surface area contributed by atoms with E-state index in [1.807, 2.05) is 0 Å². The van der Waals surface area contributed by atoms with Crippen molar-refractivity contribution in [2.45, 2.75) is 562 Å². The van der Waals surface area contributed by atoms with E-state index in [4.69, 9.17) is 35.0 Å². The number of ether oxygens (including phenoxy) is 6. The van der Waals surface area contributed by atoms with Gasteiger partial charge in [0.2, 0.25) is 6.54 Å². The maximum Gasteiger partial charge on any atom is 0.333 e. The molecule has 1 aliphatic carbocycles. The summed E-state index contributed by atoms with van der Waals surface area (Å²) in [6.07, 6.45) is 97.7. The third kappa shape index (κ3) is 59.3. The Bertz CT molecular complexity index is 3420. The van der Waals surface area contributed by atoms with Gasteiger partial charge < -0.3 is 33.3 Å². The van der Waals surface area contributed by atoms with Crippen molar-refractivity contribution in [2.75, 3.05) is 46.2 Å². The molecule has 10 nitrogen and oxygen atoms in total. The Hall–Kier alpha value is -6.52. The van der Waals surface area contributed by atoms with Gasteiger partial charge in [-0.3, -0.25) is 0 Å². The highest BCUT2D eigenvalue weighted by molar-refractivity contribution is 5.87. The molecule has 0 fully saturated rings. The van der Waals surface area contributed by atoms with E-state index in [1.54, 1.807) is 13.8 Å². The topological polar surface area (TPSA) is 118 Å². The molecule has 1 aliphatic rings. The van der Waals surface area contributed by atoms with Gasteiger partial charge >= 0.3 is 11.9 Å². The lowest BCUT2D eigenvalue weighted by Crippen LogP contribution is -2.13. The number of aryl methyl sites for hydroxylation is 4. The molecular formula is C126H206N2O8. The van der Waals surface area contributed by atoms with Crippen LogP contribution in [-0.2, 0) is 70.4 Å². The molecule has 0 saturated heterocycles. The molecule has 0 saturated carbocycles. The van der Waals surface area contributed by atoms with Crippen LogP contribution < -0.4 is 18.9 Å². The molecule has 0 heterocycles. The van der Waals surface area contributed by atoms with Crippen molar-refractivity contribution in [1.82, 2.24) is 0 Å². The SMILES string of the molecule is [C-]#[N+]CCCCOc1c2cc(CCCCCCCCCCCCCCCCCC)cc1Cc1cc(CCCCCCCCCCCCCCCCCC)cc(c1OCCCCOC(=O)C(=C)C)Cc1cc(CCCCCCCCCCCCCCCCCC)cc(c1OCCCCC#N)Cc1cc(CCCCCCCCCCCCCCCCCC)cc(c1OCCCCOC(=O)C(=C)C)C2. The van der Waals surface area contributed by atoms with E-state index in [1.165, 1.54) is 430 Å². The average Bonchev–Trinajstić information content (AvgIpc) is 0.771. The monoisotopic (exact) mass is 1880 g/mol. The fourth-order valence-electron chi connectivity index (χ4n) is 20.3. The Labute approximate surface area is 837 Å². The Morgan fingerprint density at radius 1 is 0.265 bits per heavy atom. The van der Waals surface area contributed by atoms with Crippen LogP contribution in [0, 0.1) is 17.9 Å². The van der Waals surface area contributed by atoms with Crippen molar-refractivity contribution in [3.05, 3.63) is 151 Å². The number of benzene rings is 4. The van der Waals surface area contributed by atoms with E-state index in [0.717, 1.165) is 122 Å². The second-order valence-corrected chi connectivity index (χ2v) is 41.7. The second kappa shape index (κ2) is 84.2. The molecule has 768 valence electrons. The summed E-state index contributed by atoms with van der Waals surface area (Å²) in [6, 6.07) is 22.5. The van der Waals surface area contributed by atoms with E-state index in [0.29, 0.717) is 115 Å². The molecule has 0 atom stereocenters. The highest BCUT2D eigenvalue weighted by Gasteiger charge is 2.26. The van der Waals surface area contributed by atoms with E-state index < -0.39 is 0 Å². The van der Waals surface area contributed by atoms with Gasteiger partial charge in [0.05, 0.1) is 45.7 Å². The minimum Gasteiger partial charge on any atom is -0.493 e. The van der Waals surface area contributed by atoms with Crippen LogP contribution in [0.1, 0.15) is 577 Å². The first-order valence-electron chi connectivity index (χ1n) is 58.4. The molecule has 136 heavy (non-hydrogen) atoms. The highest BCUT2D eigenvalue weighted by atomic mass is 16.5. The molecule has 4 aromatic carbocycles. The van der Waals surface area contributed by atoms with Crippen LogP contribution in [0.15, 0.2) is 72.8 Å². The van der Waals surface area contributed by atoms with E-state index in [-0.39, 0.29) is 11.9 Å². The van der Waals surface area contributed by atoms with Crippen LogP contribution in [0.2, 0.25) is 0 Å². The predicted octanol–water partition coefficient (Wildman–Crippen LogP) is 38.3. The number of esters is 2. The summed E-state index contributed by atoms with van der Waals surface area (Å²) in [6.45, 7) is 31.2. The lowest BCUT2D eigenvalue weighted by Gasteiger charge is -2.25. The molecule has 8 bridgehead atoms. The summed E-state index contributed by atoms with van der Waals surface area (Å²) in [4.78, 5) is 29.4. The van der Waals surface area contributed by atoms with E-state index >= 15 is 0 Å². The number of unbranched alkanes of at least 4 members (excludes halogenated alkanes) is 65. The van der Waals surface area contributed by atoms with Crippen molar-refractivity contribution in [3.63, 3.8) is 0 Å². The zero-order chi connectivity index (χ0) is 97.1. The van der Waals surface area contributed by atoms with Gasteiger partial charge in [-0.2, -0.15) is 5.26 Å². The first-order chi connectivity index (χ1) is 66.9. The Balaban J connectivity index is 1.71. The van der Waals surface area contributed by atoms with Crippen LogP contribution in [0.3, 0.4) is 0 Å². The second-order valence-electron chi connectivity index (χ2n) is 41.7. The number of nitriles is 1. The summed E-state index contributed by atoms with van der Waals surface area (Å²) in [5.41, 5.74) is 15.5. The zero-order valence-electron chi connectivity index (χ0n) is 89.4. The van der Waals surface area contributed by atoms with Crippen molar-refractivity contribution >= 4 is 11.9 Å². The molecule has 0 aliphatic heterocycles. The minimum atomic E-state index is -0.358. The lowest BCUT2D eigenvalue weighted by atomic mass is 9.86. The molecule has 5 rings (SSSR count). The Morgan fingerprint density at radius 2 is 0.434 bits per heavy atom. The van der Waals surface area contributed by atoms with E-state index in [9.17, 15) is 14.9 Å². The number of carbonyl (C=O) groups excluding carboxylic acids is 2. The minimum absolute atomic E-state index is 0.297. The summed E-state index contributed by atoms with van der Waals surface area (Å²) >= 11 is 0. The quantitative estimate of drug-likeness (QED) is 0.0162. The van der Waals surface area contributed by atoms with Crippen molar-refractivity contribution < 1.29 is 38.0 Å². The first kappa shape index (κ1) is 120. The summed E-state index contributed by atoms with van der Waals surface area (Å²) in [7, 11) is 0. The number of rotatable bonds is 92. The molecule has 0 N–H and O–H groups in total. The summed E-state index contributed by atoms with van der Waals surface area (Å²) in [5, 5.41) is 9.95. The number of fused-ring (bicyclic) bond motifs is 8. The largest absolute Gasteiger partial charge is 0.493 e. The number of carbonyl (C=O) groups is 2. The Morgan fingerprint density at radius 3 is 0.610 bits per heavy atom. The third-order valence-electron chi connectivity index (χ3n) is 28.6. The Kier molecular flexibility index (Phi) is 74.3. The van der Waals surface area contributed by atoms with E-state index in [2.05, 4.69) is 100 Å². The zero-order valence-corrected chi connectivity index (χ0v) is 89.4. The lowest BCUT2D eigenvalue weighted by molar-refractivity contribution is -0.139. The molecule has 0 spiro atoms. The fourth-order valence-corrected chi connectivity index (χ4v) is 20.3. The summed E-state index contributed by atoms with van der Waals surface area (Å²) < 4.78 is 41.5. The van der Waals surface area contributed by atoms with Crippen molar-refractivity contribution in [1.29, 1.82) is 5.26 Å². The molecule has 4 aromatic rings. The molecule has 0 aromatic heterocycles. The normalized spacial score (nSPS) is 11.9. The standard InChI is InChI=1S/C126H206N2O8/c1-10-14-18-22-26-30-34-38-42-46-50-54-58-62-66-71-83-109-95-113-103-117-99-111(85-73-68-64-60-56-52-48-44-40-36-32-28-24-20-16-12-3)101-119(123(117)133-91-79-81-93-135-125(129)107(5)6)105-115-97-110(84-72-67-63-59-55-51-47-43-39-35-31-27-23-19-15-11-2)98-116(122(115)132-90-78-76-88-128-9)106-120-102-112(86-74-69-65-61-57-53-49-45-41-37-33-29-25-21-17-13-4)100-118(104-114(96-109)121(113)131-89-77-70-75-87-127)124(120)134-92-80-82-94-136-126(130)108(7)8/h95-102H,5,7,10-86,88-94,103-106H2,1-4,6,8H3. The van der Waals surface area contributed by atoms with Crippen LogP contribution in [0.25, 0.3) is 4.85 Å². The molecule has 0 radical (unpaired) electrons. The van der Waals surface area contributed by atoms with Gasteiger partial charge in [-0.15, -0.1) is 0 Å². The number of hydrogen-bond acceptors (Lipinski definition) is 9. The average molecular weight is 1880 g/mol. The molecular weight excluding hydrogens is 1670 g/mol. The summed E-state index contributed by atoms with van der Waals surface area (Å²) in [5.74, 6) is 3.00. The third-order valence-corrected chi connectivity index (χ3v) is 28.6. The predicted molar refractivity (Wildman–Crippen MR) is 582 cm³/mol. The number of hydrogen-bond donors (Lipinski definition) is 0. The van der Waals surface area contributed by atoms with Gasteiger partial charge in [-0.05, 0) is 177 Å². The van der Waals surface area contributed by atoms with Gasteiger partial charge in [0, 0.05) is 49.7 Å². The van der Waals surface area contributed by atoms with Crippen molar-refractivity contribution in [3.8, 4) is 29.1 Å². The van der Waals surface area contributed by atoms with Gasteiger partial charge in [0.1, 0.15) is 23.0 Å². The van der Waals surface area contributed by atoms with Gasteiger partial charge in [-0.25, -0.2) is 16.2 Å². The van der Waals surface area contributed by atoms with Gasteiger partial charge in [0.15, 0.2) is 0 Å². The fraction of sp³-hybridized carbons (Fsp3) is 0.746. The van der Waals surface area contributed by atoms with Crippen LogP contribution in [0.4, 0.5) is 0 Å². The van der Waals surface area contributed by atoms with Crippen LogP contribution in [-0.4, -0.2) is 58.1 Å². The van der Waals surface area contributed by atoms with Gasteiger partial charge in [0.25, 0.3) is 0 Å². The van der Waals surface area contributed by atoms with Gasteiger partial charge in [-0.1, -0.05) is 475 Å². The first-order valence-corrected chi connectivity index (χ1v) is 58.4. The highest BCUT2D eigenvalue weighted by Crippen LogP contribution is 2.43. The smallest absolute Gasteiger partial charge is 0.333 e. The number of nitrogens with zero attached hydrogens (tertiary/aromatic N) is 2. The molecule has 0 unspecified atom stereocenters. The van der Waals surface area contributed by atoms with Crippen LogP contribution >= 0.6 is 0 Å². The maximum absolute atomic E-state index is 12.8.